The predicted octanol–water partition coefficient (Wildman–Crippen LogP) is 10.6. The summed E-state index contributed by atoms with van der Waals surface area (Å²) in [4.78, 5) is 4.59. The van der Waals surface area contributed by atoms with E-state index in [0.29, 0.717) is 0 Å². The maximum Gasteiger partial charge on any atom is 0.0463 e. The van der Waals surface area contributed by atoms with Crippen LogP contribution in [-0.2, 0) is 0 Å². The van der Waals surface area contributed by atoms with E-state index >= 15 is 0 Å². The highest BCUT2D eigenvalue weighted by Crippen LogP contribution is 2.39. The van der Waals surface area contributed by atoms with Gasteiger partial charge in [0.25, 0.3) is 0 Å². The number of benzene rings is 6. The minimum atomic E-state index is 1.11. The van der Waals surface area contributed by atoms with Gasteiger partial charge in [-0.25, -0.2) is 0 Å². The van der Waals surface area contributed by atoms with Gasteiger partial charge in [0.15, 0.2) is 0 Å². The highest BCUT2D eigenvalue weighted by Gasteiger charge is 2.15. The molecule has 6 aromatic carbocycles. The summed E-state index contributed by atoms with van der Waals surface area (Å²) in [5.74, 6) is 0. The molecular weight excluding hydrogens is 472 g/mol. The first-order valence-corrected chi connectivity index (χ1v) is 13.3. The van der Waals surface area contributed by atoms with E-state index in [4.69, 9.17) is 0 Å². The molecule has 0 unspecified atom stereocenters. The Hall–Kier alpha value is -5.08. The Morgan fingerprint density at radius 1 is 0.282 bits per heavy atom. The van der Waals surface area contributed by atoms with Gasteiger partial charge in [0.2, 0.25) is 0 Å². The highest BCUT2D eigenvalue weighted by molar-refractivity contribution is 5.81. The molecule has 0 aliphatic rings. The van der Waals surface area contributed by atoms with E-state index in [0.717, 1.165) is 34.1 Å². The van der Waals surface area contributed by atoms with Crippen LogP contribution in [-0.4, -0.2) is 0 Å². The van der Waals surface area contributed by atoms with E-state index in [1.54, 1.807) is 0 Å². The third kappa shape index (κ3) is 5.32. The van der Waals surface area contributed by atoms with Crippen LogP contribution in [0.3, 0.4) is 0 Å². The predicted molar refractivity (Wildman–Crippen MR) is 166 cm³/mol. The molecule has 0 amide bonds. The van der Waals surface area contributed by atoms with Crippen molar-refractivity contribution in [3.05, 3.63) is 169 Å². The normalized spacial score (nSPS) is 10.7. The van der Waals surface area contributed by atoms with Gasteiger partial charge in [-0.05, 0) is 90.8 Å². The van der Waals surface area contributed by atoms with Crippen LogP contribution >= 0.6 is 0 Å². The largest absolute Gasteiger partial charge is 0.311 e. The third-order valence-electron chi connectivity index (χ3n) is 6.92. The molecule has 2 heteroatoms. The van der Waals surface area contributed by atoms with Gasteiger partial charge in [-0.15, -0.1) is 0 Å². The molecule has 6 aromatic rings. The van der Waals surface area contributed by atoms with Gasteiger partial charge < -0.3 is 9.80 Å². The molecule has 0 atom stereocenters. The second kappa shape index (κ2) is 11.1. The van der Waals surface area contributed by atoms with Crippen molar-refractivity contribution in [1.29, 1.82) is 0 Å². The zero-order valence-corrected chi connectivity index (χ0v) is 22.0. The standard InChI is InChI=1S/C37H30N2/c1-29-17-19-30(20-18-29)31-21-23-35(24-22-31)39(34-15-9-4-10-16-34)37-27-25-36(26-28-37)38(32-11-5-2-6-12-32)33-13-7-3-8-14-33/h2-28H,1H3. The van der Waals surface area contributed by atoms with Crippen molar-refractivity contribution in [2.75, 3.05) is 9.80 Å². The van der Waals surface area contributed by atoms with Crippen LogP contribution in [0.25, 0.3) is 11.1 Å². The van der Waals surface area contributed by atoms with E-state index in [2.05, 4.69) is 181 Å². The van der Waals surface area contributed by atoms with Crippen LogP contribution in [0.4, 0.5) is 34.1 Å². The fraction of sp³-hybridized carbons (Fsp3) is 0.0270. The van der Waals surface area contributed by atoms with Crippen molar-refractivity contribution < 1.29 is 0 Å². The van der Waals surface area contributed by atoms with Crippen molar-refractivity contribution in [3.8, 4) is 11.1 Å². The lowest BCUT2D eigenvalue weighted by Gasteiger charge is -2.28. The first kappa shape index (κ1) is 24.3. The van der Waals surface area contributed by atoms with Crippen molar-refractivity contribution in [2.45, 2.75) is 6.92 Å². The van der Waals surface area contributed by atoms with Gasteiger partial charge in [0.1, 0.15) is 0 Å². The zero-order valence-electron chi connectivity index (χ0n) is 22.0. The lowest BCUT2D eigenvalue weighted by Crippen LogP contribution is -2.12. The Bertz CT molecular complexity index is 1570. The zero-order chi connectivity index (χ0) is 26.4. The number of rotatable bonds is 7. The fourth-order valence-corrected chi connectivity index (χ4v) is 4.93. The number of hydrogen-bond acceptors (Lipinski definition) is 2. The maximum absolute atomic E-state index is 2.30. The molecule has 0 radical (unpaired) electrons. The minimum Gasteiger partial charge on any atom is -0.311 e. The molecule has 39 heavy (non-hydrogen) atoms. The highest BCUT2D eigenvalue weighted by atomic mass is 15.2. The SMILES string of the molecule is Cc1ccc(-c2ccc(N(c3ccccc3)c3ccc(N(c4ccccc4)c4ccccc4)cc3)cc2)cc1. The van der Waals surface area contributed by atoms with E-state index in [9.17, 15) is 0 Å². The number of para-hydroxylation sites is 3. The summed E-state index contributed by atoms with van der Waals surface area (Å²) in [6.45, 7) is 2.12. The minimum absolute atomic E-state index is 1.11. The molecule has 6 rings (SSSR count). The smallest absolute Gasteiger partial charge is 0.0463 e. The second-order valence-electron chi connectivity index (χ2n) is 9.61. The molecule has 0 aliphatic carbocycles. The van der Waals surface area contributed by atoms with Crippen LogP contribution in [0.15, 0.2) is 164 Å². The van der Waals surface area contributed by atoms with Gasteiger partial charge >= 0.3 is 0 Å². The Balaban J connectivity index is 1.37. The Kier molecular flexibility index (Phi) is 6.92. The quantitative estimate of drug-likeness (QED) is 0.214. The number of anilines is 6. The molecular formula is C37H30N2. The molecule has 0 fully saturated rings. The number of hydrogen-bond donors (Lipinski definition) is 0. The molecule has 0 heterocycles. The topological polar surface area (TPSA) is 6.48 Å². The lowest BCUT2D eigenvalue weighted by atomic mass is 10.0. The van der Waals surface area contributed by atoms with Gasteiger partial charge in [-0.3, -0.25) is 0 Å². The average Bonchev–Trinajstić information content (AvgIpc) is 3.01. The molecule has 0 spiro atoms. The molecule has 0 bridgehead atoms. The second-order valence-corrected chi connectivity index (χ2v) is 9.61. The molecule has 0 saturated carbocycles. The van der Waals surface area contributed by atoms with Crippen molar-refractivity contribution >= 4 is 34.1 Å². The molecule has 0 aromatic heterocycles. The molecule has 0 aliphatic heterocycles. The van der Waals surface area contributed by atoms with Crippen LogP contribution in [0.2, 0.25) is 0 Å². The summed E-state index contributed by atoms with van der Waals surface area (Å²) in [5.41, 5.74) is 10.4. The Morgan fingerprint density at radius 3 is 0.872 bits per heavy atom. The van der Waals surface area contributed by atoms with Crippen molar-refractivity contribution in [3.63, 3.8) is 0 Å². The summed E-state index contributed by atoms with van der Waals surface area (Å²) in [6, 6.07) is 57.9. The lowest BCUT2D eigenvalue weighted by molar-refractivity contribution is 1.26. The van der Waals surface area contributed by atoms with Gasteiger partial charge in [0, 0.05) is 34.1 Å². The third-order valence-corrected chi connectivity index (χ3v) is 6.92. The van der Waals surface area contributed by atoms with E-state index in [1.807, 2.05) is 0 Å². The number of nitrogens with zero attached hydrogens (tertiary/aromatic N) is 2. The molecule has 2 nitrogen and oxygen atoms in total. The fourth-order valence-electron chi connectivity index (χ4n) is 4.93. The van der Waals surface area contributed by atoms with Gasteiger partial charge in [-0.2, -0.15) is 0 Å². The van der Waals surface area contributed by atoms with E-state index in [1.165, 1.54) is 16.7 Å². The first-order valence-electron chi connectivity index (χ1n) is 13.3. The van der Waals surface area contributed by atoms with Crippen LogP contribution in [0.5, 0.6) is 0 Å². The monoisotopic (exact) mass is 502 g/mol. The average molecular weight is 503 g/mol. The molecule has 188 valence electrons. The van der Waals surface area contributed by atoms with E-state index < -0.39 is 0 Å². The summed E-state index contributed by atoms with van der Waals surface area (Å²) in [7, 11) is 0. The van der Waals surface area contributed by atoms with Crippen LogP contribution < -0.4 is 9.80 Å². The van der Waals surface area contributed by atoms with Gasteiger partial charge in [0.05, 0.1) is 0 Å². The molecule has 0 N–H and O–H groups in total. The molecule has 0 saturated heterocycles. The van der Waals surface area contributed by atoms with Gasteiger partial charge in [-0.1, -0.05) is 96.6 Å². The van der Waals surface area contributed by atoms with Crippen LogP contribution in [0.1, 0.15) is 5.56 Å². The summed E-state index contributed by atoms with van der Waals surface area (Å²) in [6.07, 6.45) is 0. The van der Waals surface area contributed by atoms with Crippen molar-refractivity contribution in [2.24, 2.45) is 0 Å². The summed E-state index contributed by atoms with van der Waals surface area (Å²) < 4.78 is 0. The Labute approximate surface area is 231 Å². The van der Waals surface area contributed by atoms with Crippen LogP contribution in [0, 0.1) is 6.92 Å². The van der Waals surface area contributed by atoms with E-state index in [-0.39, 0.29) is 0 Å². The summed E-state index contributed by atoms with van der Waals surface area (Å²) >= 11 is 0. The van der Waals surface area contributed by atoms with Crippen molar-refractivity contribution in [1.82, 2.24) is 0 Å². The maximum atomic E-state index is 2.30. The summed E-state index contributed by atoms with van der Waals surface area (Å²) in [5, 5.41) is 0. The number of aryl methyl sites for hydroxylation is 1. The first-order chi connectivity index (χ1) is 19.3. The Morgan fingerprint density at radius 2 is 0.538 bits per heavy atom.